The maximum absolute atomic E-state index is 12.4. The highest BCUT2D eigenvalue weighted by atomic mass is 32.2. The minimum Gasteiger partial charge on any atom is -0.327 e. The predicted molar refractivity (Wildman–Crippen MR) is 85.5 cm³/mol. The summed E-state index contributed by atoms with van der Waals surface area (Å²) in [4.78, 5) is 42.4. The number of hydrogen-bond donors (Lipinski definition) is 3. The predicted octanol–water partition coefficient (Wildman–Crippen LogP) is -0.889. The van der Waals surface area contributed by atoms with E-state index in [0.29, 0.717) is 0 Å². The molecule has 3 rings (SSSR count). The molecule has 3 aromatic heterocycles. The summed E-state index contributed by atoms with van der Waals surface area (Å²) in [5, 5.41) is -0.0403. The van der Waals surface area contributed by atoms with Gasteiger partial charge in [-0.1, -0.05) is 0 Å². The zero-order valence-corrected chi connectivity index (χ0v) is 13.0. The zero-order valence-electron chi connectivity index (χ0n) is 12.2. The highest BCUT2D eigenvalue weighted by molar-refractivity contribution is 7.92. The average molecular weight is 349 g/mol. The van der Waals surface area contributed by atoms with E-state index in [2.05, 4.69) is 19.7 Å². The second kappa shape index (κ2) is 5.45. The topological polar surface area (TPSA) is 147 Å². The van der Waals surface area contributed by atoms with Crippen LogP contribution in [0, 0.1) is 0 Å². The van der Waals surface area contributed by atoms with Gasteiger partial charge in [-0.2, -0.15) is 0 Å². The minimum atomic E-state index is -4.03. The van der Waals surface area contributed by atoms with E-state index in [1.807, 2.05) is 0 Å². The van der Waals surface area contributed by atoms with Gasteiger partial charge in [0.15, 0.2) is 0 Å². The van der Waals surface area contributed by atoms with Crippen molar-refractivity contribution in [1.82, 2.24) is 19.5 Å². The molecule has 0 aromatic carbocycles. The van der Waals surface area contributed by atoms with Crippen molar-refractivity contribution >= 4 is 26.7 Å². The van der Waals surface area contributed by atoms with Gasteiger partial charge in [-0.15, -0.1) is 0 Å². The quantitative estimate of drug-likeness (QED) is 0.559. The molecule has 0 fully saturated rings. The molecule has 3 heterocycles. The summed E-state index contributed by atoms with van der Waals surface area (Å²) < 4.78 is 28.1. The van der Waals surface area contributed by atoms with Gasteiger partial charge >= 0.3 is 5.69 Å². The number of rotatable bonds is 3. The standard InChI is InChI=1S/C13H11N5O5S/c1-18-11-9(12(20)16-13(18)21)4-8(6-15-11)24(22,23)17-7-2-3-10(19)14-5-7/h2-6,17H,1H3,(H,14,19)(H,16,20,21). The Hall–Kier alpha value is -3.21. The molecule has 0 aliphatic rings. The lowest BCUT2D eigenvalue weighted by Crippen LogP contribution is -2.29. The number of anilines is 1. The Morgan fingerprint density at radius 2 is 1.96 bits per heavy atom. The molecule has 0 amide bonds. The molecule has 11 heteroatoms. The molecule has 3 aromatic rings. The van der Waals surface area contributed by atoms with Gasteiger partial charge in [-0.25, -0.2) is 18.2 Å². The fourth-order valence-electron chi connectivity index (χ4n) is 2.05. The highest BCUT2D eigenvalue weighted by Crippen LogP contribution is 2.16. The van der Waals surface area contributed by atoms with Crippen LogP contribution in [0.5, 0.6) is 0 Å². The Kier molecular flexibility index (Phi) is 3.56. The van der Waals surface area contributed by atoms with Crippen molar-refractivity contribution in [2.75, 3.05) is 4.72 Å². The van der Waals surface area contributed by atoms with Crippen molar-refractivity contribution in [3.8, 4) is 0 Å². The fourth-order valence-corrected chi connectivity index (χ4v) is 3.07. The molecule has 124 valence electrons. The molecule has 0 bridgehead atoms. The van der Waals surface area contributed by atoms with E-state index in [0.717, 1.165) is 22.9 Å². The van der Waals surface area contributed by atoms with Crippen LogP contribution in [0.3, 0.4) is 0 Å². The van der Waals surface area contributed by atoms with Gasteiger partial charge in [0, 0.05) is 25.5 Å². The Bertz CT molecular complexity index is 1200. The summed E-state index contributed by atoms with van der Waals surface area (Å²) in [6, 6.07) is 3.58. The van der Waals surface area contributed by atoms with E-state index >= 15 is 0 Å². The summed E-state index contributed by atoms with van der Waals surface area (Å²) >= 11 is 0. The van der Waals surface area contributed by atoms with Crippen LogP contribution in [0.1, 0.15) is 0 Å². The number of aryl methyl sites for hydroxylation is 1. The van der Waals surface area contributed by atoms with Crippen molar-refractivity contribution in [1.29, 1.82) is 0 Å². The number of pyridine rings is 2. The highest BCUT2D eigenvalue weighted by Gasteiger charge is 2.17. The molecule has 3 N–H and O–H groups in total. The lowest BCUT2D eigenvalue weighted by Gasteiger charge is -2.08. The number of fused-ring (bicyclic) bond motifs is 1. The number of hydrogen-bond acceptors (Lipinski definition) is 6. The zero-order chi connectivity index (χ0) is 17.5. The van der Waals surface area contributed by atoms with E-state index < -0.39 is 21.3 Å². The molecule has 0 radical (unpaired) electrons. The van der Waals surface area contributed by atoms with Crippen molar-refractivity contribution < 1.29 is 8.42 Å². The van der Waals surface area contributed by atoms with Crippen LogP contribution in [-0.4, -0.2) is 27.9 Å². The Labute approximate surface area is 133 Å². The number of aromatic amines is 2. The van der Waals surface area contributed by atoms with Gasteiger partial charge in [0.25, 0.3) is 15.6 Å². The molecule has 0 aliphatic carbocycles. The van der Waals surface area contributed by atoms with Crippen molar-refractivity contribution in [2.24, 2.45) is 7.05 Å². The normalized spacial score (nSPS) is 11.5. The van der Waals surface area contributed by atoms with Crippen LogP contribution >= 0.6 is 0 Å². The van der Waals surface area contributed by atoms with Crippen LogP contribution in [0.2, 0.25) is 0 Å². The molecule has 0 atom stereocenters. The first kappa shape index (κ1) is 15.7. The first-order valence-electron chi connectivity index (χ1n) is 6.58. The average Bonchev–Trinajstić information content (AvgIpc) is 2.54. The molecule has 24 heavy (non-hydrogen) atoms. The van der Waals surface area contributed by atoms with Crippen molar-refractivity contribution in [3.63, 3.8) is 0 Å². The molecule has 10 nitrogen and oxygen atoms in total. The van der Waals surface area contributed by atoms with Gasteiger partial charge in [0.2, 0.25) is 5.56 Å². The number of nitrogens with zero attached hydrogens (tertiary/aromatic N) is 2. The lowest BCUT2D eigenvalue weighted by atomic mass is 10.3. The van der Waals surface area contributed by atoms with Crippen LogP contribution in [-0.2, 0) is 17.1 Å². The van der Waals surface area contributed by atoms with Gasteiger partial charge in [0.1, 0.15) is 10.5 Å². The monoisotopic (exact) mass is 349 g/mol. The number of nitrogens with one attached hydrogen (secondary N) is 3. The van der Waals surface area contributed by atoms with Crippen molar-refractivity contribution in [3.05, 3.63) is 61.8 Å². The van der Waals surface area contributed by atoms with Crippen LogP contribution in [0.25, 0.3) is 11.0 Å². The van der Waals surface area contributed by atoms with E-state index in [1.54, 1.807) is 0 Å². The van der Waals surface area contributed by atoms with Gasteiger partial charge in [-0.3, -0.25) is 23.9 Å². The summed E-state index contributed by atoms with van der Waals surface area (Å²) in [5.41, 5.74) is -1.56. The largest absolute Gasteiger partial charge is 0.329 e. The van der Waals surface area contributed by atoms with Gasteiger partial charge < -0.3 is 4.98 Å². The van der Waals surface area contributed by atoms with E-state index in [4.69, 9.17) is 0 Å². The van der Waals surface area contributed by atoms with Crippen LogP contribution in [0.15, 0.2) is 49.9 Å². The Morgan fingerprint density at radius 1 is 1.21 bits per heavy atom. The molecule has 0 saturated heterocycles. The van der Waals surface area contributed by atoms with Crippen molar-refractivity contribution in [2.45, 2.75) is 4.90 Å². The van der Waals surface area contributed by atoms with E-state index in [-0.39, 0.29) is 27.2 Å². The van der Waals surface area contributed by atoms with Gasteiger partial charge in [0.05, 0.1) is 11.1 Å². The number of aromatic nitrogens is 4. The maximum atomic E-state index is 12.4. The second-order valence-electron chi connectivity index (χ2n) is 4.91. The third kappa shape index (κ3) is 2.72. The van der Waals surface area contributed by atoms with Crippen LogP contribution < -0.4 is 21.5 Å². The second-order valence-corrected chi connectivity index (χ2v) is 6.59. The van der Waals surface area contributed by atoms with E-state index in [9.17, 15) is 22.8 Å². The first-order valence-corrected chi connectivity index (χ1v) is 8.07. The lowest BCUT2D eigenvalue weighted by molar-refractivity contribution is 0.601. The third-order valence-corrected chi connectivity index (χ3v) is 4.62. The molecule has 0 saturated carbocycles. The summed E-state index contributed by atoms with van der Waals surface area (Å²) in [6.45, 7) is 0. The van der Waals surface area contributed by atoms with Crippen LogP contribution in [0.4, 0.5) is 5.69 Å². The molecular formula is C13H11N5O5S. The van der Waals surface area contributed by atoms with Gasteiger partial charge in [-0.05, 0) is 12.1 Å². The SMILES string of the molecule is Cn1c(=O)[nH]c(=O)c2cc(S(=O)(=O)Nc3ccc(=O)[nH]c3)cnc21. The minimum absolute atomic E-state index is 0.0403. The number of H-pyrrole nitrogens is 2. The molecule has 0 unspecified atom stereocenters. The molecule has 0 aliphatic heterocycles. The molecule has 0 spiro atoms. The Morgan fingerprint density at radius 3 is 2.62 bits per heavy atom. The smallest absolute Gasteiger partial charge is 0.327 e. The first-order chi connectivity index (χ1) is 11.3. The number of sulfonamides is 1. The summed E-state index contributed by atoms with van der Waals surface area (Å²) in [5.74, 6) is 0. The Balaban J connectivity index is 2.11. The third-order valence-electron chi connectivity index (χ3n) is 3.28. The summed E-state index contributed by atoms with van der Waals surface area (Å²) in [7, 11) is -2.63. The van der Waals surface area contributed by atoms with E-state index in [1.165, 1.54) is 19.3 Å². The fraction of sp³-hybridized carbons (Fsp3) is 0.0769. The molecular weight excluding hydrogens is 338 g/mol. The maximum Gasteiger partial charge on any atom is 0.329 e. The summed E-state index contributed by atoms with van der Waals surface area (Å²) in [6.07, 6.45) is 2.24.